The summed E-state index contributed by atoms with van der Waals surface area (Å²) < 4.78 is 38.2. The number of likely N-dealkylation sites (N-methyl/N-ethyl adjacent to an activating group) is 1. The van der Waals surface area contributed by atoms with E-state index in [0.717, 1.165) is 19.8 Å². The molecule has 0 spiro atoms. The topological polar surface area (TPSA) is 46.3 Å². The maximum absolute atomic E-state index is 12.7. The molecule has 3 nitrogen and oxygen atoms in total. The molecule has 6 heteroatoms. The number of nitrogens with zero attached hydrogens (tertiary/aromatic N) is 1. The van der Waals surface area contributed by atoms with Crippen LogP contribution >= 0.6 is 0 Å². The molecule has 4 atom stereocenters. The van der Waals surface area contributed by atoms with Gasteiger partial charge in [-0.1, -0.05) is 6.42 Å². The lowest BCUT2D eigenvalue weighted by atomic mass is 9.88. The average Bonchev–Trinajstić information content (AvgIpc) is 2.88. The van der Waals surface area contributed by atoms with Crippen LogP contribution in [0.4, 0.5) is 13.2 Å². The van der Waals surface area contributed by atoms with Gasteiger partial charge in [0.15, 0.2) is 5.54 Å². The molecule has 19 heavy (non-hydrogen) atoms. The van der Waals surface area contributed by atoms with E-state index < -0.39 is 17.6 Å². The summed E-state index contributed by atoms with van der Waals surface area (Å²) in [6.07, 6.45) is -0.124. The fraction of sp³-hybridized carbons (Fsp3) is 0.923. The molecule has 2 saturated carbocycles. The predicted octanol–water partition coefficient (Wildman–Crippen LogP) is 2.16. The zero-order valence-corrected chi connectivity index (χ0v) is 11.3. The molecule has 4 unspecified atom stereocenters. The number of rotatable bonds is 3. The first-order chi connectivity index (χ1) is 8.63. The summed E-state index contributed by atoms with van der Waals surface area (Å²) in [6.45, 7) is 1.13. The molecule has 2 aliphatic rings. The van der Waals surface area contributed by atoms with Crippen LogP contribution in [0.5, 0.6) is 0 Å². The average molecular weight is 278 g/mol. The molecule has 2 bridgehead atoms. The predicted molar refractivity (Wildman–Crippen MR) is 65.2 cm³/mol. The number of hydrogen-bond acceptors (Lipinski definition) is 2. The van der Waals surface area contributed by atoms with Gasteiger partial charge in [0.25, 0.3) is 5.91 Å². The van der Waals surface area contributed by atoms with Crippen molar-refractivity contribution >= 4 is 5.91 Å². The lowest BCUT2D eigenvalue weighted by molar-refractivity contribution is -0.193. The molecule has 2 aliphatic carbocycles. The Morgan fingerprint density at radius 2 is 1.95 bits per heavy atom. The van der Waals surface area contributed by atoms with Gasteiger partial charge in [0.05, 0.1) is 0 Å². The van der Waals surface area contributed by atoms with Crippen molar-refractivity contribution in [2.24, 2.45) is 23.5 Å². The van der Waals surface area contributed by atoms with E-state index in [-0.39, 0.29) is 0 Å². The Balaban J connectivity index is 1.96. The van der Waals surface area contributed by atoms with Crippen molar-refractivity contribution in [1.29, 1.82) is 0 Å². The van der Waals surface area contributed by atoms with Gasteiger partial charge in [-0.15, -0.1) is 0 Å². The third-order valence-electron chi connectivity index (χ3n) is 4.77. The monoisotopic (exact) mass is 278 g/mol. The summed E-state index contributed by atoms with van der Waals surface area (Å²) in [4.78, 5) is 13.1. The molecule has 0 heterocycles. The number of fused-ring (bicyclic) bond motifs is 2. The highest BCUT2D eigenvalue weighted by Gasteiger charge is 2.55. The van der Waals surface area contributed by atoms with E-state index in [1.54, 1.807) is 0 Å². The van der Waals surface area contributed by atoms with Gasteiger partial charge in [0.2, 0.25) is 0 Å². The van der Waals surface area contributed by atoms with Gasteiger partial charge in [-0.25, -0.2) is 0 Å². The van der Waals surface area contributed by atoms with Crippen LogP contribution in [-0.2, 0) is 4.79 Å². The number of alkyl halides is 3. The second-order valence-corrected chi connectivity index (χ2v) is 6.32. The van der Waals surface area contributed by atoms with Gasteiger partial charge in [-0.3, -0.25) is 4.79 Å². The van der Waals surface area contributed by atoms with Crippen LogP contribution in [0.15, 0.2) is 0 Å². The highest BCUT2D eigenvalue weighted by Crippen LogP contribution is 2.48. The fourth-order valence-corrected chi connectivity index (χ4v) is 3.55. The summed E-state index contributed by atoms with van der Waals surface area (Å²) in [5.74, 6) is 0.597. The Bertz CT molecular complexity index is 367. The van der Waals surface area contributed by atoms with E-state index in [0.29, 0.717) is 24.3 Å². The maximum Gasteiger partial charge on any atom is 0.415 e. The Labute approximate surface area is 111 Å². The van der Waals surface area contributed by atoms with Crippen LogP contribution in [0.2, 0.25) is 0 Å². The van der Waals surface area contributed by atoms with E-state index in [1.807, 2.05) is 0 Å². The number of amides is 1. The number of carbonyl (C=O) groups excluding carboxylic acids is 1. The molecule has 2 N–H and O–H groups in total. The quantitative estimate of drug-likeness (QED) is 0.860. The van der Waals surface area contributed by atoms with Gasteiger partial charge in [-0.2, -0.15) is 13.2 Å². The van der Waals surface area contributed by atoms with Crippen LogP contribution in [-0.4, -0.2) is 36.1 Å². The number of halogens is 3. The van der Waals surface area contributed by atoms with E-state index in [9.17, 15) is 18.0 Å². The smallest absolute Gasteiger partial charge is 0.344 e. The highest BCUT2D eigenvalue weighted by molar-refractivity contribution is 5.86. The van der Waals surface area contributed by atoms with Crippen molar-refractivity contribution in [3.05, 3.63) is 0 Å². The van der Waals surface area contributed by atoms with Gasteiger partial charge < -0.3 is 10.6 Å². The molecule has 2 rings (SSSR count). The zero-order valence-electron chi connectivity index (χ0n) is 11.3. The summed E-state index contributed by atoms with van der Waals surface area (Å²) in [7, 11) is 1.42. The highest BCUT2D eigenvalue weighted by atomic mass is 19.4. The minimum atomic E-state index is -4.72. The van der Waals surface area contributed by atoms with Crippen LogP contribution in [0.25, 0.3) is 0 Å². The van der Waals surface area contributed by atoms with Gasteiger partial charge >= 0.3 is 6.18 Å². The first-order valence-electron chi connectivity index (χ1n) is 6.74. The molecular formula is C13H21F3N2O. The third-order valence-corrected chi connectivity index (χ3v) is 4.77. The van der Waals surface area contributed by atoms with E-state index in [1.165, 1.54) is 24.8 Å². The summed E-state index contributed by atoms with van der Waals surface area (Å²) in [6, 6.07) is 0. The maximum atomic E-state index is 12.7. The molecular weight excluding hydrogens is 257 g/mol. The van der Waals surface area contributed by atoms with Crippen molar-refractivity contribution in [2.75, 3.05) is 13.6 Å². The molecule has 2 fully saturated rings. The molecule has 0 radical (unpaired) electrons. The Morgan fingerprint density at radius 1 is 1.32 bits per heavy atom. The van der Waals surface area contributed by atoms with E-state index in [4.69, 9.17) is 5.73 Å². The standard InChI is InChI=1S/C13H21F3N2O/c1-12(17,13(14,15)16)11(19)18(2)7-10-6-8-3-4-9(10)5-8/h8-10H,3-7,17H2,1-2H3. The summed E-state index contributed by atoms with van der Waals surface area (Å²) >= 11 is 0. The molecule has 110 valence electrons. The van der Waals surface area contributed by atoms with Crippen molar-refractivity contribution in [3.63, 3.8) is 0 Å². The molecule has 0 aromatic rings. The number of carbonyl (C=O) groups is 1. The largest absolute Gasteiger partial charge is 0.415 e. The summed E-state index contributed by atoms with van der Waals surface area (Å²) in [5.41, 5.74) is 2.38. The first-order valence-corrected chi connectivity index (χ1v) is 6.74. The van der Waals surface area contributed by atoms with Crippen molar-refractivity contribution in [2.45, 2.75) is 44.3 Å². The third kappa shape index (κ3) is 2.59. The molecule has 0 aromatic heterocycles. The van der Waals surface area contributed by atoms with Crippen molar-refractivity contribution < 1.29 is 18.0 Å². The van der Waals surface area contributed by atoms with Crippen LogP contribution in [0.3, 0.4) is 0 Å². The second kappa shape index (κ2) is 4.65. The van der Waals surface area contributed by atoms with Crippen LogP contribution < -0.4 is 5.73 Å². The lowest BCUT2D eigenvalue weighted by Crippen LogP contribution is -2.62. The fourth-order valence-electron chi connectivity index (χ4n) is 3.55. The molecule has 0 aromatic carbocycles. The van der Waals surface area contributed by atoms with E-state index in [2.05, 4.69) is 0 Å². The Morgan fingerprint density at radius 3 is 2.37 bits per heavy atom. The van der Waals surface area contributed by atoms with Crippen LogP contribution in [0, 0.1) is 17.8 Å². The lowest BCUT2D eigenvalue weighted by Gasteiger charge is -2.33. The SMILES string of the molecule is CN(CC1CC2CCC1C2)C(=O)C(C)(N)C(F)(F)F. The van der Waals surface area contributed by atoms with Crippen molar-refractivity contribution in [1.82, 2.24) is 4.90 Å². The minimum Gasteiger partial charge on any atom is -0.344 e. The van der Waals surface area contributed by atoms with Crippen LogP contribution in [0.1, 0.15) is 32.6 Å². The van der Waals surface area contributed by atoms with Crippen molar-refractivity contribution in [3.8, 4) is 0 Å². The molecule has 1 amide bonds. The second-order valence-electron chi connectivity index (χ2n) is 6.32. The first kappa shape index (κ1) is 14.6. The van der Waals surface area contributed by atoms with E-state index >= 15 is 0 Å². The molecule has 0 aliphatic heterocycles. The van der Waals surface area contributed by atoms with Gasteiger partial charge in [0, 0.05) is 13.6 Å². The van der Waals surface area contributed by atoms with Gasteiger partial charge in [-0.05, 0) is 43.9 Å². The van der Waals surface area contributed by atoms with Gasteiger partial charge in [0.1, 0.15) is 0 Å². The Hall–Kier alpha value is -0.780. The molecule has 0 saturated heterocycles. The Kier molecular flexibility index (Phi) is 3.58. The number of nitrogens with two attached hydrogens (primary N) is 1. The minimum absolute atomic E-state index is 0.344. The normalized spacial score (nSPS) is 33.3. The zero-order chi connectivity index (χ0) is 14.4. The summed E-state index contributed by atoms with van der Waals surface area (Å²) in [5, 5.41) is 0. The number of hydrogen-bond donors (Lipinski definition) is 1.